The van der Waals surface area contributed by atoms with Crippen molar-refractivity contribution >= 4 is 18.3 Å². The molecule has 20 heavy (non-hydrogen) atoms. The molecule has 0 atom stereocenters. The number of benzene rings is 1. The Bertz CT molecular complexity index is 415. The van der Waals surface area contributed by atoms with Crippen molar-refractivity contribution < 1.29 is 4.79 Å². The van der Waals surface area contributed by atoms with E-state index >= 15 is 0 Å². The zero-order chi connectivity index (χ0) is 14.5. The van der Waals surface area contributed by atoms with Gasteiger partial charge in [-0.05, 0) is 36.1 Å². The highest BCUT2D eigenvalue weighted by Gasteiger charge is 2.21. The Labute approximate surface area is 128 Å². The lowest BCUT2D eigenvalue weighted by Gasteiger charge is -2.29. The van der Waals surface area contributed by atoms with Crippen LogP contribution in [0.1, 0.15) is 43.1 Å². The van der Waals surface area contributed by atoms with Gasteiger partial charge in [0.1, 0.15) is 0 Å². The molecule has 0 bridgehead atoms. The Morgan fingerprint density at radius 1 is 1.25 bits per heavy atom. The Morgan fingerprint density at radius 3 is 2.25 bits per heavy atom. The lowest BCUT2D eigenvalue weighted by Crippen LogP contribution is -2.39. The predicted octanol–water partition coefficient (Wildman–Crippen LogP) is 3.12. The van der Waals surface area contributed by atoms with Gasteiger partial charge in [-0.2, -0.15) is 0 Å². The van der Waals surface area contributed by atoms with Gasteiger partial charge in [0.15, 0.2) is 0 Å². The summed E-state index contributed by atoms with van der Waals surface area (Å²) in [7, 11) is 1.83. The SMILES string of the molecule is CCCc1ccc(C(=O)N(C)CC(C)(C)CN)cc1.Cl. The Balaban J connectivity index is 0.00000361. The van der Waals surface area contributed by atoms with Crippen molar-refractivity contribution in [3.8, 4) is 0 Å². The molecule has 1 aromatic rings. The van der Waals surface area contributed by atoms with Crippen molar-refractivity contribution in [2.75, 3.05) is 20.1 Å². The molecular weight excluding hydrogens is 272 g/mol. The van der Waals surface area contributed by atoms with Gasteiger partial charge < -0.3 is 10.6 Å². The van der Waals surface area contributed by atoms with Crippen LogP contribution in [-0.2, 0) is 6.42 Å². The molecule has 1 aromatic carbocycles. The molecule has 0 aliphatic carbocycles. The van der Waals surface area contributed by atoms with Gasteiger partial charge in [0.05, 0.1) is 0 Å². The lowest BCUT2D eigenvalue weighted by atomic mass is 9.93. The minimum absolute atomic E-state index is 0. The summed E-state index contributed by atoms with van der Waals surface area (Å²) >= 11 is 0. The highest BCUT2D eigenvalue weighted by Crippen LogP contribution is 2.16. The smallest absolute Gasteiger partial charge is 0.253 e. The van der Waals surface area contributed by atoms with Crippen LogP contribution in [0.3, 0.4) is 0 Å². The van der Waals surface area contributed by atoms with E-state index in [-0.39, 0.29) is 23.7 Å². The molecule has 2 N–H and O–H groups in total. The average Bonchev–Trinajstić information content (AvgIpc) is 2.38. The molecular formula is C16H27ClN2O. The number of carbonyl (C=O) groups is 1. The quantitative estimate of drug-likeness (QED) is 0.877. The number of nitrogens with zero attached hydrogens (tertiary/aromatic N) is 1. The molecule has 4 heteroatoms. The first kappa shape index (κ1) is 18.9. The lowest BCUT2D eigenvalue weighted by molar-refractivity contribution is 0.0740. The third-order valence-corrected chi connectivity index (χ3v) is 3.30. The van der Waals surface area contributed by atoms with E-state index in [0.29, 0.717) is 13.1 Å². The molecule has 1 amide bonds. The van der Waals surface area contributed by atoms with Crippen LogP contribution in [0.15, 0.2) is 24.3 Å². The van der Waals surface area contributed by atoms with Crippen molar-refractivity contribution in [3.05, 3.63) is 35.4 Å². The molecule has 3 nitrogen and oxygen atoms in total. The fraction of sp³-hybridized carbons (Fsp3) is 0.562. The molecule has 0 aromatic heterocycles. The zero-order valence-electron chi connectivity index (χ0n) is 13.0. The fourth-order valence-corrected chi connectivity index (χ4v) is 2.10. The molecule has 0 heterocycles. The molecule has 0 fully saturated rings. The monoisotopic (exact) mass is 298 g/mol. The van der Waals surface area contributed by atoms with Gasteiger partial charge >= 0.3 is 0 Å². The topological polar surface area (TPSA) is 46.3 Å². The second-order valence-corrected chi connectivity index (χ2v) is 5.98. The number of nitrogens with two attached hydrogens (primary N) is 1. The van der Waals surface area contributed by atoms with Crippen molar-refractivity contribution in [2.45, 2.75) is 33.6 Å². The average molecular weight is 299 g/mol. The van der Waals surface area contributed by atoms with Gasteiger partial charge in [0, 0.05) is 19.2 Å². The third-order valence-electron chi connectivity index (χ3n) is 3.30. The first-order valence-electron chi connectivity index (χ1n) is 6.94. The summed E-state index contributed by atoms with van der Waals surface area (Å²) in [5, 5.41) is 0. The summed E-state index contributed by atoms with van der Waals surface area (Å²) in [5.74, 6) is 0.0598. The van der Waals surface area contributed by atoms with Gasteiger partial charge in [-0.1, -0.05) is 39.3 Å². The van der Waals surface area contributed by atoms with Crippen LogP contribution in [0.25, 0.3) is 0 Å². The van der Waals surface area contributed by atoms with Gasteiger partial charge in [0.25, 0.3) is 5.91 Å². The summed E-state index contributed by atoms with van der Waals surface area (Å²) in [6, 6.07) is 7.91. The number of aryl methyl sites for hydroxylation is 1. The summed E-state index contributed by atoms with van der Waals surface area (Å²) in [5.41, 5.74) is 7.69. The van der Waals surface area contributed by atoms with Crippen LogP contribution >= 0.6 is 12.4 Å². The van der Waals surface area contributed by atoms with E-state index in [1.807, 2.05) is 31.3 Å². The number of amides is 1. The molecule has 114 valence electrons. The zero-order valence-corrected chi connectivity index (χ0v) is 13.8. The van der Waals surface area contributed by atoms with E-state index in [9.17, 15) is 4.79 Å². The maximum Gasteiger partial charge on any atom is 0.253 e. The second kappa shape index (κ2) is 8.28. The number of hydrogen-bond acceptors (Lipinski definition) is 2. The molecule has 1 rings (SSSR count). The molecule has 0 saturated carbocycles. The van der Waals surface area contributed by atoms with Crippen LogP contribution in [0.2, 0.25) is 0 Å². The number of hydrogen-bond donors (Lipinski definition) is 1. The first-order valence-corrected chi connectivity index (χ1v) is 6.94. The van der Waals surface area contributed by atoms with E-state index < -0.39 is 0 Å². The van der Waals surface area contributed by atoms with Crippen molar-refractivity contribution in [2.24, 2.45) is 11.1 Å². The fourth-order valence-electron chi connectivity index (χ4n) is 2.10. The summed E-state index contributed by atoms with van der Waals surface area (Å²) in [4.78, 5) is 14.0. The Morgan fingerprint density at radius 2 is 1.80 bits per heavy atom. The molecule has 0 aliphatic rings. The molecule has 0 aliphatic heterocycles. The van der Waals surface area contributed by atoms with Gasteiger partial charge in [-0.15, -0.1) is 12.4 Å². The highest BCUT2D eigenvalue weighted by molar-refractivity contribution is 5.94. The number of halogens is 1. The predicted molar refractivity (Wildman–Crippen MR) is 87.5 cm³/mol. The Kier molecular flexibility index (Phi) is 7.84. The van der Waals surface area contributed by atoms with Crippen molar-refractivity contribution in [1.29, 1.82) is 0 Å². The normalized spacial score (nSPS) is 10.8. The number of rotatable bonds is 6. The summed E-state index contributed by atoms with van der Waals surface area (Å²) in [6.07, 6.45) is 2.18. The van der Waals surface area contributed by atoms with Crippen molar-refractivity contribution in [3.63, 3.8) is 0 Å². The van der Waals surface area contributed by atoms with Crippen LogP contribution in [0, 0.1) is 5.41 Å². The number of carbonyl (C=O) groups excluding carboxylic acids is 1. The van der Waals surface area contributed by atoms with Crippen LogP contribution < -0.4 is 5.73 Å². The minimum atomic E-state index is -0.0490. The third kappa shape index (κ3) is 5.51. The molecule has 0 saturated heterocycles. The van der Waals surface area contributed by atoms with E-state index in [1.165, 1.54) is 5.56 Å². The first-order chi connectivity index (χ1) is 8.89. The summed E-state index contributed by atoms with van der Waals surface area (Å²) in [6.45, 7) is 7.53. The molecule has 0 radical (unpaired) electrons. The maximum absolute atomic E-state index is 12.3. The van der Waals surface area contributed by atoms with Gasteiger partial charge in [-0.3, -0.25) is 4.79 Å². The van der Waals surface area contributed by atoms with Gasteiger partial charge in [-0.25, -0.2) is 0 Å². The summed E-state index contributed by atoms with van der Waals surface area (Å²) < 4.78 is 0. The van der Waals surface area contributed by atoms with Crippen LogP contribution in [-0.4, -0.2) is 30.9 Å². The van der Waals surface area contributed by atoms with E-state index in [2.05, 4.69) is 20.8 Å². The minimum Gasteiger partial charge on any atom is -0.341 e. The van der Waals surface area contributed by atoms with Crippen LogP contribution in [0.4, 0.5) is 0 Å². The van der Waals surface area contributed by atoms with Crippen LogP contribution in [0.5, 0.6) is 0 Å². The van der Waals surface area contributed by atoms with Gasteiger partial charge in [0.2, 0.25) is 0 Å². The van der Waals surface area contributed by atoms with E-state index in [4.69, 9.17) is 5.73 Å². The van der Waals surface area contributed by atoms with E-state index in [0.717, 1.165) is 18.4 Å². The second-order valence-electron chi connectivity index (χ2n) is 5.98. The molecule has 0 unspecified atom stereocenters. The highest BCUT2D eigenvalue weighted by atomic mass is 35.5. The van der Waals surface area contributed by atoms with Crippen molar-refractivity contribution in [1.82, 2.24) is 4.90 Å². The molecule has 0 spiro atoms. The maximum atomic E-state index is 12.3. The Hall–Kier alpha value is -1.06. The standard InChI is InChI=1S/C16H26N2O.ClH/c1-5-6-13-7-9-14(10-8-13)15(19)18(4)12-16(2,3)11-17;/h7-10H,5-6,11-12,17H2,1-4H3;1H. The van der Waals surface area contributed by atoms with E-state index in [1.54, 1.807) is 4.90 Å². The largest absolute Gasteiger partial charge is 0.341 e.